The fourth-order valence-corrected chi connectivity index (χ4v) is 4.26. The average Bonchev–Trinajstić information content (AvgIpc) is 2.73. The Balaban J connectivity index is 1.84. The molecule has 2 aromatic rings. The van der Waals surface area contributed by atoms with Crippen LogP contribution in [0.1, 0.15) is 63.4 Å². The van der Waals surface area contributed by atoms with E-state index in [2.05, 4.69) is 13.5 Å². The SMILES string of the molecule is C=COc1ccc(-c2ccc(C3CCC(CCCC)CC3)c(F)c2F)c(F)c1F. The molecule has 0 atom stereocenters. The van der Waals surface area contributed by atoms with Gasteiger partial charge < -0.3 is 4.74 Å². The number of hydrogen-bond acceptors (Lipinski definition) is 1. The Bertz CT molecular complexity index is 870. The molecule has 29 heavy (non-hydrogen) atoms. The van der Waals surface area contributed by atoms with Crippen molar-refractivity contribution in [3.8, 4) is 16.9 Å². The van der Waals surface area contributed by atoms with E-state index in [1.165, 1.54) is 37.5 Å². The molecule has 1 nitrogen and oxygen atoms in total. The Kier molecular flexibility index (Phi) is 6.99. The molecule has 1 aliphatic rings. The summed E-state index contributed by atoms with van der Waals surface area (Å²) in [4.78, 5) is 0. The molecular formula is C24H26F4O. The maximum absolute atomic E-state index is 14.8. The van der Waals surface area contributed by atoms with Crippen LogP contribution in [0.15, 0.2) is 37.1 Å². The highest BCUT2D eigenvalue weighted by molar-refractivity contribution is 5.66. The number of ether oxygens (including phenoxy) is 1. The highest BCUT2D eigenvalue weighted by Crippen LogP contribution is 2.41. The molecule has 0 aromatic heterocycles. The van der Waals surface area contributed by atoms with E-state index in [0.29, 0.717) is 11.5 Å². The summed E-state index contributed by atoms with van der Waals surface area (Å²) >= 11 is 0. The monoisotopic (exact) mass is 406 g/mol. The Hall–Kier alpha value is -2.30. The second-order valence-electron chi connectivity index (χ2n) is 7.71. The maximum atomic E-state index is 14.8. The van der Waals surface area contributed by atoms with Gasteiger partial charge in [-0.25, -0.2) is 13.2 Å². The van der Waals surface area contributed by atoms with E-state index in [-0.39, 0.29) is 22.8 Å². The van der Waals surface area contributed by atoms with Crippen molar-refractivity contribution in [2.45, 2.75) is 57.8 Å². The first kappa shape index (κ1) is 21.4. The van der Waals surface area contributed by atoms with Gasteiger partial charge in [-0.2, -0.15) is 4.39 Å². The van der Waals surface area contributed by atoms with E-state index in [1.54, 1.807) is 0 Å². The minimum Gasteiger partial charge on any atom is -0.462 e. The number of hydrogen-bond donors (Lipinski definition) is 0. The third kappa shape index (κ3) is 4.49. The van der Waals surface area contributed by atoms with Crippen LogP contribution in [0.5, 0.6) is 5.75 Å². The van der Waals surface area contributed by atoms with Gasteiger partial charge in [0.05, 0.1) is 6.26 Å². The van der Waals surface area contributed by atoms with Gasteiger partial charge in [0.25, 0.3) is 0 Å². The van der Waals surface area contributed by atoms with E-state index in [0.717, 1.165) is 38.0 Å². The molecule has 1 fully saturated rings. The first-order valence-corrected chi connectivity index (χ1v) is 10.2. The quantitative estimate of drug-likeness (QED) is 0.335. The predicted molar refractivity (Wildman–Crippen MR) is 107 cm³/mol. The minimum atomic E-state index is -1.29. The van der Waals surface area contributed by atoms with E-state index in [4.69, 9.17) is 4.74 Å². The van der Waals surface area contributed by atoms with Gasteiger partial charge in [0.1, 0.15) is 0 Å². The van der Waals surface area contributed by atoms with Gasteiger partial charge in [0.15, 0.2) is 23.2 Å². The molecular weight excluding hydrogens is 380 g/mol. The van der Waals surface area contributed by atoms with Crippen LogP contribution in [-0.4, -0.2) is 0 Å². The van der Waals surface area contributed by atoms with Crippen molar-refractivity contribution in [1.29, 1.82) is 0 Å². The fourth-order valence-electron chi connectivity index (χ4n) is 4.26. The van der Waals surface area contributed by atoms with Crippen molar-refractivity contribution in [3.05, 3.63) is 65.9 Å². The number of unbranched alkanes of at least 4 members (excludes halogenated alkanes) is 1. The van der Waals surface area contributed by atoms with Crippen LogP contribution < -0.4 is 4.74 Å². The highest BCUT2D eigenvalue weighted by Gasteiger charge is 2.27. The Morgan fingerprint density at radius 1 is 0.897 bits per heavy atom. The maximum Gasteiger partial charge on any atom is 0.201 e. The summed E-state index contributed by atoms with van der Waals surface area (Å²) in [5.74, 6) is -4.41. The van der Waals surface area contributed by atoms with Gasteiger partial charge in [-0.1, -0.05) is 44.9 Å². The van der Waals surface area contributed by atoms with Crippen LogP contribution >= 0.6 is 0 Å². The molecule has 0 unspecified atom stereocenters. The van der Waals surface area contributed by atoms with Crippen LogP contribution in [0.3, 0.4) is 0 Å². The molecule has 5 heteroatoms. The van der Waals surface area contributed by atoms with Crippen molar-refractivity contribution >= 4 is 0 Å². The second-order valence-corrected chi connectivity index (χ2v) is 7.71. The Morgan fingerprint density at radius 3 is 2.14 bits per heavy atom. The molecule has 0 heterocycles. The van der Waals surface area contributed by atoms with Crippen LogP contribution in [0.25, 0.3) is 11.1 Å². The largest absolute Gasteiger partial charge is 0.462 e. The van der Waals surface area contributed by atoms with Crippen molar-refractivity contribution in [2.75, 3.05) is 0 Å². The first-order chi connectivity index (χ1) is 14.0. The van der Waals surface area contributed by atoms with Gasteiger partial charge in [-0.3, -0.25) is 0 Å². The third-order valence-corrected chi connectivity index (χ3v) is 5.91. The van der Waals surface area contributed by atoms with Crippen molar-refractivity contribution < 1.29 is 22.3 Å². The van der Waals surface area contributed by atoms with Crippen LogP contribution in [0.2, 0.25) is 0 Å². The molecule has 0 amide bonds. The lowest BCUT2D eigenvalue weighted by atomic mass is 9.76. The lowest BCUT2D eigenvalue weighted by Gasteiger charge is -2.29. The van der Waals surface area contributed by atoms with Gasteiger partial charge in [0, 0.05) is 11.1 Å². The summed E-state index contributed by atoms with van der Waals surface area (Å²) in [6.45, 7) is 5.45. The van der Waals surface area contributed by atoms with Crippen LogP contribution in [0, 0.1) is 29.2 Å². The van der Waals surface area contributed by atoms with Crippen molar-refractivity contribution in [3.63, 3.8) is 0 Å². The summed E-state index contributed by atoms with van der Waals surface area (Å²) in [5, 5.41) is 0. The van der Waals surface area contributed by atoms with Crippen LogP contribution in [-0.2, 0) is 0 Å². The zero-order valence-corrected chi connectivity index (χ0v) is 16.6. The molecule has 0 bridgehead atoms. The third-order valence-electron chi connectivity index (χ3n) is 5.91. The van der Waals surface area contributed by atoms with Crippen molar-refractivity contribution in [1.82, 2.24) is 0 Å². The molecule has 3 rings (SSSR count). The summed E-state index contributed by atoms with van der Waals surface area (Å²) in [5.41, 5.74) is -0.317. The lowest BCUT2D eigenvalue weighted by Crippen LogP contribution is -2.15. The van der Waals surface area contributed by atoms with E-state index in [9.17, 15) is 17.6 Å². The Morgan fingerprint density at radius 2 is 1.52 bits per heavy atom. The summed E-state index contributed by atoms with van der Waals surface area (Å²) in [6, 6.07) is 5.19. The smallest absolute Gasteiger partial charge is 0.201 e. The molecule has 2 aromatic carbocycles. The molecule has 156 valence electrons. The molecule has 0 saturated heterocycles. The molecule has 0 radical (unpaired) electrons. The molecule has 1 saturated carbocycles. The van der Waals surface area contributed by atoms with Gasteiger partial charge in [-0.15, -0.1) is 0 Å². The summed E-state index contributed by atoms with van der Waals surface area (Å²) in [7, 11) is 0. The van der Waals surface area contributed by atoms with E-state index in [1.807, 2.05) is 0 Å². The standard InChI is InChI=1S/C24H26F4O/c1-3-5-6-15-7-9-16(10-8-15)17-11-12-18(22(26)21(17)25)19-13-14-20(29-4-2)24(28)23(19)27/h4,11-16H,2-3,5-10H2,1H3. The minimum absolute atomic E-state index is 0.0404. The normalized spacial score (nSPS) is 19.2. The Labute approximate surface area is 169 Å². The zero-order valence-electron chi connectivity index (χ0n) is 16.6. The van der Waals surface area contributed by atoms with Gasteiger partial charge >= 0.3 is 0 Å². The van der Waals surface area contributed by atoms with Gasteiger partial charge in [-0.05, 0) is 55.2 Å². The first-order valence-electron chi connectivity index (χ1n) is 10.2. The summed E-state index contributed by atoms with van der Waals surface area (Å²) in [6.07, 6.45) is 8.18. The average molecular weight is 406 g/mol. The molecule has 0 aliphatic heterocycles. The molecule has 1 aliphatic carbocycles. The molecule has 0 spiro atoms. The number of halogens is 4. The van der Waals surface area contributed by atoms with Crippen LogP contribution in [0.4, 0.5) is 17.6 Å². The predicted octanol–water partition coefficient (Wildman–Crippen LogP) is 7.90. The highest BCUT2D eigenvalue weighted by atomic mass is 19.2. The molecule has 0 N–H and O–H groups in total. The fraction of sp³-hybridized carbons (Fsp3) is 0.417. The number of benzene rings is 2. The van der Waals surface area contributed by atoms with Crippen molar-refractivity contribution in [2.24, 2.45) is 5.92 Å². The van der Waals surface area contributed by atoms with E-state index >= 15 is 0 Å². The summed E-state index contributed by atoms with van der Waals surface area (Å²) < 4.78 is 62.9. The lowest BCUT2D eigenvalue weighted by molar-refractivity contribution is 0.299. The topological polar surface area (TPSA) is 9.23 Å². The number of rotatable bonds is 7. The van der Waals surface area contributed by atoms with Gasteiger partial charge in [0.2, 0.25) is 5.82 Å². The van der Waals surface area contributed by atoms with E-state index < -0.39 is 23.3 Å². The zero-order chi connectivity index (χ0) is 21.0. The second kappa shape index (κ2) is 9.47.